The van der Waals surface area contributed by atoms with Crippen molar-refractivity contribution in [3.63, 3.8) is 0 Å². The second kappa shape index (κ2) is 8.02. The number of sulfonamides is 1. The molecule has 0 atom stereocenters. The van der Waals surface area contributed by atoms with Gasteiger partial charge in [0, 0.05) is 36.8 Å². The summed E-state index contributed by atoms with van der Waals surface area (Å²) < 4.78 is 24.2. The van der Waals surface area contributed by atoms with Gasteiger partial charge < -0.3 is 5.32 Å². The fourth-order valence-corrected chi connectivity index (χ4v) is 3.11. The molecule has 0 bridgehead atoms. The Hall–Kier alpha value is -2.00. The van der Waals surface area contributed by atoms with Crippen molar-refractivity contribution in [1.82, 2.24) is 9.62 Å². The minimum atomic E-state index is -3.24. The second-order valence-corrected chi connectivity index (χ2v) is 7.05. The van der Waals surface area contributed by atoms with E-state index in [1.807, 2.05) is 0 Å². The molecule has 8 nitrogen and oxygen atoms in total. The monoisotopic (exact) mass is 343 g/mol. The van der Waals surface area contributed by atoms with Crippen LogP contribution in [0.5, 0.6) is 0 Å². The third-order valence-corrected chi connectivity index (χ3v) is 4.82. The van der Waals surface area contributed by atoms with E-state index < -0.39 is 20.9 Å². The number of hydrogen-bond acceptors (Lipinski definition) is 5. The summed E-state index contributed by atoms with van der Waals surface area (Å²) in [6.45, 7) is 4.23. The Balaban J connectivity index is 2.62. The summed E-state index contributed by atoms with van der Waals surface area (Å²) in [5, 5.41) is 13.5. The number of nitrogens with one attached hydrogen (secondary N) is 1. The van der Waals surface area contributed by atoms with E-state index in [9.17, 15) is 23.3 Å². The number of hydrogen-bond donors (Lipinski definition) is 1. The molecule has 0 radical (unpaired) electrons. The first-order chi connectivity index (χ1) is 10.7. The van der Waals surface area contributed by atoms with Gasteiger partial charge in [-0.25, -0.2) is 12.7 Å². The van der Waals surface area contributed by atoms with E-state index in [0.29, 0.717) is 25.1 Å². The fourth-order valence-electron chi connectivity index (χ4n) is 2.18. The number of carbonyl (C=O) groups is 1. The molecule has 23 heavy (non-hydrogen) atoms. The van der Waals surface area contributed by atoms with Gasteiger partial charge in [0.25, 0.3) is 11.6 Å². The molecule has 0 saturated heterocycles. The SMILES string of the molecule is CCN(CCCNC(=O)c1cccc([N+](=O)[O-])c1C)S(C)(=O)=O. The lowest BCUT2D eigenvalue weighted by Crippen LogP contribution is -2.33. The summed E-state index contributed by atoms with van der Waals surface area (Å²) in [5.41, 5.74) is 0.447. The van der Waals surface area contributed by atoms with E-state index >= 15 is 0 Å². The van der Waals surface area contributed by atoms with Crippen LogP contribution in [0, 0.1) is 17.0 Å². The van der Waals surface area contributed by atoms with Gasteiger partial charge in [0.2, 0.25) is 10.0 Å². The van der Waals surface area contributed by atoms with Crippen molar-refractivity contribution in [3.8, 4) is 0 Å². The van der Waals surface area contributed by atoms with E-state index in [4.69, 9.17) is 0 Å². The standard InChI is InChI=1S/C14H21N3O5S/c1-4-16(23(3,21)22)10-6-9-15-14(18)12-7-5-8-13(11(12)2)17(19)20/h5,7-8H,4,6,9-10H2,1-3H3,(H,15,18). The Morgan fingerprint density at radius 2 is 2.04 bits per heavy atom. The molecule has 0 fully saturated rings. The normalized spacial score (nSPS) is 11.5. The number of carbonyl (C=O) groups excluding carboxylic acids is 1. The van der Waals surface area contributed by atoms with Crippen molar-refractivity contribution in [2.75, 3.05) is 25.9 Å². The number of benzene rings is 1. The minimum absolute atomic E-state index is 0.105. The molecule has 0 aliphatic rings. The summed E-state index contributed by atoms with van der Waals surface area (Å²) >= 11 is 0. The molecule has 1 N–H and O–H groups in total. The molecular weight excluding hydrogens is 322 g/mol. The maximum Gasteiger partial charge on any atom is 0.273 e. The van der Waals surface area contributed by atoms with Crippen LogP contribution in [0.4, 0.5) is 5.69 Å². The van der Waals surface area contributed by atoms with Gasteiger partial charge in [-0.1, -0.05) is 13.0 Å². The zero-order valence-electron chi connectivity index (χ0n) is 13.4. The molecule has 0 unspecified atom stereocenters. The van der Waals surface area contributed by atoms with Crippen LogP contribution >= 0.6 is 0 Å². The molecule has 0 aliphatic heterocycles. The van der Waals surface area contributed by atoms with E-state index in [2.05, 4.69) is 5.32 Å². The van der Waals surface area contributed by atoms with E-state index in [1.165, 1.54) is 29.4 Å². The first-order valence-electron chi connectivity index (χ1n) is 7.15. The highest BCUT2D eigenvalue weighted by atomic mass is 32.2. The maximum absolute atomic E-state index is 12.1. The average molecular weight is 343 g/mol. The smallest absolute Gasteiger partial charge is 0.273 e. The van der Waals surface area contributed by atoms with Crippen molar-refractivity contribution < 1.29 is 18.1 Å². The van der Waals surface area contributed by atoms with Gasteiger partial charge in [-0.3, -0.25) is 14.9 Å². The first-order valence-corrected chi connectivity index (χ1v) is 9.00. The molecule has 0 aromatic heterocycles. The fraction of sp³-hybridized carbons (Fsp3) is 0.500. The lowest BCUT2D eigenvalue weighted by molar-refractivity contribution is -0.385. The highest BCUT2D eigenvalue weighted by molar-refractivity contribution is 7.88. The van der Waals surface area contributed by atoms with Crippen molar-refractivity contribution in [2.24, 2.45) is 0 Å². The summed E-state index contributed by atoms with van der Waals surface area (Å²) in [7, 11) is -3.24. The average Bonchev–Trinajstić information content (AvgIpc) is 2.45. The topological polar surface area (TPSA) is 110 Å². The molecule has 1 rings (SSSR count). The molecule has 9 heteroatoms. The van der Waals surface area contributed by atoms with Gasteiger partial charge in [-0.15, -0.1) is 0 Å². The highest BCUT2D eigenvalue weighted by Crippen LogP contribution is 2.20. The van der Waals surface area contributed by atoms with Gasteiger partial charge in [-0.05, 0) is 19.4 Å². The van der Waals surface area contributed by atoms with Gasteiger partial charge in [0.15, 0.2) is 0 Å². The third kappa shape index (κ3) is 5.29. The maximum atomic E-state index is 12.1. The van der Waals surface area contributed by atoms with E-state index in [0.717, 1.165) is 6.26 Å². The summed E-state index contributed by atoms with van der Waals surface area (Å²) in [6.07, 6.45) is 1.60. The molecule has 0 saturated carbocycles. The van der Waals surface area contributed by atoms with Crippen LogP contribution in [-0.2, 0) is 10.0 Å². The summed E-state index contributed by atoms with van der Waals surface area (Å²) in [4.78, 5) is 22.4. The van der Waals surface area contributed by atoms with Crippen LogP contribution in [0.2, 0.25) is 0 Å². The van der Waals surface area contributed by atoms with Crippen molar-refractivity contribution >= 4 is 21.6 Å². The Labute approximate surface area is 135 Å². The van der Waals surface area contributed by atoms with Crippen LogP contribution in [0.3, 0.4) is 0 Å². The molecule has 1 aromatic carbocycles. The third-order valence-electron chi connectivity index (χ3n) is 3.44. The number of nitrogens with zero attached hydrogens (tertiary/aromatic N) is 2. The molecule has 128 valence electrons. The summed E-state index contributed by atoms with van der Waals surface area (Å²) in [6, 6.07) is 4.33. The van der Waals surface area contributed by atoms with Crippen molar-refractivity contribution in [1.29, 1.82) is 0 Å². The molecule has 0 aliphatic carbocycles. The molecule has 0 spiro atoms. The second-order valence-electron chi connectivity index (χ2n) is 5.07. The molecular formula is C14H21N3O5S. The number of amides is 1. The minimum Gasteiger partial charge on any atom is -0.352 e. The van der Waals surface area contributed by atoms with Gasteiger partial charge in [-0.2, -0.15) is 0 Å². The van der Waals surface area contributed by atoms with Gasteiger partial charge >= 0.3 is 0 Å². The van der Waals surface area contributed by atoms with Crippen LogP contribution in [0.1, 0.15) is 29.3 Å². The Morgan fingerprint density at radius 1 is 1.39 bits per heavy atom. The quantitative estimate of drug-likeness (QED) is 0.435. The van der Waals surface area contributed by atoms with Crippen LogP contribution in [0.15, 0.2) is 18.2 Å². The Bertz CT molecular complexity index is 688. The lowest BCUT2D eigenvalue weighted by Gasteiger charge is -2.17. The van der Waals surface area contributed by atoms with Gasteiger partial charge in [0.05, 0.1) is 11.2 Å². The van der Waals surface area contributed by atoms with Crippen LogP contribution in [-0.4, -0.2) is 49.4 Å². The summed E-state index contributed by atoms with van der Waals surface area (Å²) in [5.74, 6) is -0.409. The molecule has 1 amide bonds. The largest absolute Gasteiger partial charge is 0.352 e. The van der Waals surface area contributed by atoms with Crippen molar-refractivity contribution in [2.45, 2.75) is 20.3 Å². The van der Waals surface area contributed by atoms with Crippen LogP contribution < -0.4 is 5.32 Å². The first kappa shape index (κ1) is 19.0. The lowest BCUT2D eigenvalue weighted by atomic mass is 10.1. The van der Waals surface area contributed by atoms with Gasteiger partial charge in [0.1, 0.15) is 0 Å². The zero-order valence-corrected chi connectivity index (χ0v) is 14.2. The highest BCUT2D eigenvalue weighted by Gasteiger charge is 2.18. The van der Waals surface area contributed by atoms with E-state index in [-0.39, 0.29) is 17.8 Å². The predicted octanol–water partition coefficient (Wildman–Crippen LogP) is 1.30. The molecule has 1 aromatic rings. The van der Waals surface area contributed by atoms with Crippen LogP contribution in [0.25, 0.3) is 0 Å². The zero-order chi connectivity index (χ0) is 17.6. The van der Waals surface area contributed by atoms with Crippen molar-refractivity contribution in [3.05, 3.63) is 39.4 Å². The Kier molecular flexibility index (Phi) is 6.64. The predicted molar refractivity (Wildman–Crippen MR) is 86.9 cm³/mol. The number of nitro benzene ring substituents is 1. The Morgan fingerprint density at radius 3 is 2.57 bits per heavy atom. The molecule has 0 heterocycles. The van der Waals surface area contributed by atoms with E-state index in [1.54, 1.807) is 6.92 Å². The number of rotatable bonds is 8. The number of nitro groups is 1.